The Kier molecular flexibility index (Phi) is 3.14. The molecule has 0 spiro atoms. The number of anilines is 2. The Labute approximate surface area is 127 Å². The molecule has 1 fully saturated rings. The molecule has 0 aromatic carbocycles. The van der Waals surface area contributed by atoms with Gasteiger partial charge >= 0.3 is 0 Å². The zero-order chi connectivity index (χ0) is 14.9. The molecular formula is C14H18N8. The van der Waals surface area contributed by atoms with E-state index in [0.717, 1.165) is 37.3 Å². The summed E-state index contributed by atoms with van der Waals surface area (Å²) in [7, 11) is 1.94. The van der Waals surface area contributed by atoms with E-state index in [0.29, 0.717) is 11.7 Å². The highest BCUT2D eigenvalue weighted by molar-refractivity contribution is 5.82. The van der Waals surface area contributed by atoms with E-state index < -0.39 is 0 Å². The molecule has 2 N–H and O–H groups in total. The summed E-state index contributed by atoms with van der Waals surface area (Å²) in [4.78, 5) is 18.1. The number of nitrogens with zero attached hydrogens (tertiary/aromatic N) is 6. The molecule has 3 aromatic rings. The van der Waals surface area contributed by atoms with Crippen LogP contribution >= 0.6 is 0 Å². The minimum absolute atomic E-state index is 0.343. The number of fused-ring (bicyclic) bond motifs is 1. The molecule has 1 unspecified atom stereocenters. The number of aromatic amines is 1. The Hall–Kier alpha value is -2.64. The summed E-state index contributed by atoms with van der Waals surface area (Å²) in [5.74, 6) is 0.820. The first kappa shape index (κ1) is 13.1. The lowest BCUT2D eigenvalue weighted by Crippen LogP contribution is -2.42. The number of rotatable bonds is 3. The summed E-state index contributed by atoms with van der Waals surface area (Å²) in [6, 6.07) is 0.343. The lowest BCUT2D eigenvalue weighted by atomic mass is 10.1. The summed E-state index contributed by atoms with van der Waals surface area (Å²) in [5, 5.41) is 7.78. The van der Waals surface area contributed by atoms with Crippen LogP contribution in [0, 0.1) is 0 Å². The highest BCUT2D eigenvalue weighted by Gasteiger charge is 2.22. The maximum absolute atomic E-state index is 4.35. The van der Waals surface area contributed by atoms with Gasteiger partial charge in [-0.3, -0.25) is 4.68 Å². The topological polar surface area (TPSA) is 87.5 Å². The van der Waals surface area contributed by atoms with Gasteiger partial charge in [-0.1, -0.05) is 0 Å². The van der Waals surface area contributed by atoms with Gasteiger partial charge in [0.2, 0.25) is 0 Å². The van der Waals surface area contributed by atoms with Crippen molar-refractivity contribution in [1.29, 1.82) is 0 Å². The molecule has 114 valence electrons. The fourth-order valence-corrected chi connectivity index (χ4v) is 2.97. The van der Waals surface area contributed by atoms with Crippen LogP contribution in [0.25, 0.3) is 11.2 Å². The second-order valence-electron chi connectivity index (χ2n) is 5.63. The van der Waals surface area contributed by atoms with Crippen LogP contribution in [0.2, 0.25) is 0 Å². The first-order valence-corrected chi connectivity index (χ1v) is 7.44. The zero-order valence-corrected chi connectivity index (χ0v) is 12.4. The van der Waals surface area contributed by atoms with Crippen molar-refractivity contribution in [3.63, 3.8) is 0 Å². The van der Waals surface area contributed by atoms with Crippen molar-refractivity contribution in [2.24, 2.45) is 7.05 Å². The standard InChI is InChI=1S/C14H18N8/c1-21-7-11(5-19-21)22-4-2-3-10(6-22)20-14-12-13(16-8-15-12)17-9-18-14/h5,7-10H,2-4,6H2,1H3,(H2,15,16,17,18,20). The molecule has 1 saturated heterocycles. The number of nitrogens with one attached hydrogen (secondary N) is 2. The average molecular weight is 298 g/mol. The second-order valence-corrected chi connectivity index (χ2v) is 5.63. The van der Waals surface area contributed by atoms with Crippen LogP contribution in [-0.2, 0) is 7.05 Å². The molecule has 3 aromatic heterocycles. The predicted octanol–water partition coefficient (Wildman–Crippen LogP) is 1.17. The van der Waals surface area contributed by atoms with Gasteiger partial charge in [0.15, 0.2) is 11.5 Å². The smallest absolute Gasteiger partial charge is 0.182 e. The van der Waals surface area contributed by atoms with Crippen LogP contribution in [0.3, 0.4) is 0 Å². The van der Waals surface area contributed by atoms with Crippen LogP contribution in [0.5, 0.6) is 0 Å². The minimum atomic E-state index is 0.343. The van der Waals surface area contributed by atoms with Gasteiger partial charge in [-0.15, -0.1) is 0 Å². The normalized spacial score (nSPS) is 18.8. The lowest BCUT2D eigenvalue weighted by molar-refractivity contribution is 0.529. The molecule has 0 saturated carbocycles. The SMILES string of the molecule is Cn1cc(N2CCCC(Nc3ncnc4nc[nH]c34)C2)cn1. The molecular weight excluding hydrogens is 280 g/mol. The third-order valence-electron chi connectivity index (χ3n) is 4.04. The molecule has 0 amide bonds. The Morgan fingerprint density at radius 1 is 1.32 bits per heavy atom. The fraction of sp³-hybridized carbons (Fsp3) is 0.429. The highest BCUT2D eigenvalue weighted by atomic mass is 15.3. The Morgan fingerprint density at radius 2 is 2.27 bits per heavy atom. The van der Waals surface area contributed by atoms with Crippen molar-refractivity contribution >= 4 is 22.7 Å². The summed E-state index contributed by atoms with van der Waals surface area (Å²) < 4.78 is 1.84. The average Bonchev–Trinajstić information content (AvgIpc) is 3.17. The van der Waals surface area contributed by atoms with Crippen LogP contribution in [0.1, 0.15) is 12.8 Å². The van der Waals surface area contributed by atoms with E-state index in [1.54, 1.807) is 12.7 Å². The predicted molar refractivity (Wildman–Crippen MR) is 83.7 cm³/mol. The van der Waals surface area contributed by atoms with Gasteiger partial charge in [0.25, 0.3) is 0 Å². The van der Waals surface area contributed by atoms with Gasteiger partial charge in [-0.05, 0) is 12.8 Å². The number of hydrogen-bond donors (Lipinski definition) is 2. The highest BCUT2D eigenvalue weighted by Crippen LogP contribution is 2.22. The number of H-pyrrole nitrogens is 1. The van der Waals surface area contributed by atoms with E-state index in [1.807, 2.05) is 17.9 Å². The number of piperidine rings is 1. The molecule has 0 radical (unpaired) electrons. The summed E-state index contributed by atoms with van der Waals surface area (Å²) in [6.07, 6.45) is 9.43. The molecule has 0 bridgehead atoms. The quantitative estimate of drug-likeness (QED) is 0.754. The van der Waals surface area contributed by atoms with Crippen molar-refractivity contribution in [2.75, 3.05) is 23.3 Å². The number of hydrogen-bond acceptors (Lipinski definition) is 6. The third-order valence-corrected chi connectivity index (χ3v) is 4.04. The van der Waals surface area contributed by atoms with Crippen LogP contribution < -0.4 is 10.2 Å². The van der Waals surface area contributed by atoms with E-state index in [2.05, 4.69) is 41.4 Å². The van der Waals surface area contributed by atoms with E-state index in [1.165, 1.54) is 5.69 Å². The van der Waals surface area contributed by atoms with E-state index in [-0.39, 0.29) is 0 Å². The number of aryl methyl sites for hydroxylation is 1. The van der Waals surface area contributed by atoms with Crippen molar-refractivity contribution in [3.8, 4) is 0 Å². The molecule has 8 heteroatoms. The number of aromatic nitrogens is 6. The summed E-state index contributed by atoms with van der Waals surface area (Å²) >= 11 is 0. The van der Waals surface area contributed by atoms with Crippen molar-refractivity contribution in [2.45, 2.75) is 18.9 Å². The molecule has 1 atom stereocenters. The van der Waals surface area contributed by atoms with Gasteiger partial charge in [0, 0.05) is 32.4 Å². The Morgan fingerprint density at radius 3 is 3.14 bits per heavy atom. The van der Waals surface area contributed by atoms with Gasteiger partial charge in [0.1, 0.15) is 11.8 Å². The maximum atomic E-state index is 4.35. The number of imidazole rings is 1. The monoisotopic (exact) mass is 298 g/mol. The third kappa shape index (κ3) is 2.36. The molecule has 1 aliphatic rings. The summed E-state index contributed by atoms with van der Waals surface area (Å²) in [5.41, 5.74) is 2.72. The molecule has 8 nitrogen and oxygen atoms in total. The second kappa shape index (κ2) is 5.28. The molecule has 1 aliphatic heterocycles. The minimum Gasteiger partial charge on any atom is -0.367 e. The van der Waals surface area contributed by atoms with Crippen LogP contribution in [0.4, 0.5) is 11.5 Å². The largest absolute Gasteiger partial charge is 0.367 e. The molecule has 4 heterocycles. The van der Waals surface area contributed by atoms with Crippen LogP contribution in [-0.4, -0.2) is 48.8 Å². The molecule has 22 heavy (non-hydrogen) atoms. The maximum Gasteiger partial charge on any atom is 0.182 e. The zero-order valence-electron chi connectivity index (χ0n) is 12.4. The van der Waals surface area contributed by atoms with Gasteiger partial charge in [-0.25, -0.2) is 15.0 Å². The van der Waals surface area contributed by atoms with Crippen molar-refractivity contribution in [3.05, 3.63) is 25.0 Å². The Balaban J connectivity index is 1.52. The summed E-state index contributed by atoms with van der Waals surface area (Å²) in [6.45, 7) is 2.00. The first-order valence-electron chi connectivity index (χ1n) is 7.44. The van der Waals surface area contributed by atoms with Crippen LogP contribution in [0.15, 0.2) is 25.0 Å². The lowest BCUT2D eigenvalue weighted by Gasteiger charge is -2.34. The molecule has 4 rings (SSSR count). The molecule has 0 aliphatic carbocycles. The van der Waals surface area contributed by atoms with Gasteiger partial charge in [0.05, 0.1) is 18.2 Å². The van der Waals surface area contributed by atoms with E-state index >= 15 is 0 Å². The van der Waals surface area contributed by atoms with Gasteiger partial charge in [-0.2, -0.15) is 5.10 Å². The van der Waals surface area contributed by atoms with E-state index in [4.69, 9.17) is 0 Å². The Bertz CT molecular complexity index is 776. The van der Waals surface area contributed by atoms with Crippen molar-refractivity contribution in [1.82, 2.24) is 29.7 Å². The van der Waals surface area contributed by atoms with Crippen molar-refractivity contribution < 1.29 is 0 Å². The fourth-order valence-electron chi connectivity index (χ4n) is 2.97. The van der Waals surface area contributed by atoms with Gasteiger partial charge < -0.3 is 15.2 Å². The first-order chi connectivity index (χ1) is 10.8. The van der Waals surface area contributed by atoms with E-state index in [9.17, 15) is 0 Å².